The molecule has 1 aromatic carbocycles. The number of para-hydroxylation sites is 1. The Bertz CT molecular complexity index is 547. The summed E-state index contributed by atoms with van der Waals surface area (Å²) in [5, 5.41) is 0.553. The van der Waals surface area contributed by atoms with Crippen molar-refractivity contribution in [2.75, 3.05) is 31.1 Å². The highest BCUT2D eigenvalue weighted by Gasteiger charge is 2.23. The van der Waals surface area contributed by atoms with Crippen LogP contribution in [0.25, 0.3) is 0 Å². The number of rotatable bonds is 3. The third kappa shape index (κ3) is 3.00. The fraction of sp³-hybridized carbons (Fsp3) is 0.429. The van der Waals surface area contributed by atoms with Crippen molar-refractivity contribution < 1.29 is 9.59 Å². The molecule has 1 aliphatic heterocycles. The molecule has 5 nitrogen and oxygen atoms in total. The molecule has 0 atom stereocenters. The van der Waals surface area contributed by atoms with Crippen LogP contribution in [0.4, 0.5) is 11.4 Å². The van der Waals surface area contributed by atoms with E-state index < -0.39 is 0 Å². The van der Waals surface area contributed by atoms with Crippen molar-refractivity contribution in [1.29, 1.82) is 0 Å². The monoisotopic (exact) mass is 293 g/mol. The van der Waals surface area contributed by atoms with Crippen molar-refractivity contribution in [3.8, 4) is 0 Å². The average molecular weight is 294 g/mol. The second kappa shape index (κ2) is 6.55. The van der Waals surface area contributed by atoms with Gasteiger partial charge >= 0.3 is 0 Å². The van der Waals surface area contributed by atoms with Crippen LogP contribution in [-0.2, 0) is 9.59 Å². The topological polar surface area (TPSA) is 53.0 Å². The van der Waals surface area contributed by atoms with Crippen LogP contribution in [-0.4, -0.2) is 43.1 Å². The summed E-state index contributed by atoms with van der Waals surface area (Å²) >= 11 is 6.21. The number of isocyanates is 1. The SMILES string of the molecule is CCC(=O)N1CCN(c2c(Cl)cccc2N=C=O)CC1. The second-order valence-electron chi connectivity index (χ2n) is 4.53. The zero-order valence-corrected chi connectivity index (χ0v) is 12.1. The Morgan fingerprint density at radius 1 is 1.35 bits per heavy atom. The summed E-state index contributed by atoms with van der Waals surface area (Å²) in [7, 11) is 0. The summed E-state index contributed by atoms with van der Waals surface area (Å²) in [5.41, 5.74) is 1.25. The van der Waals surface area contributed by atoms with Crippen LogP contribution in [0.15, 0.2) is 23.2 Å². The maximum atomic E-state index is 11.7. The first-order chi connectivity index (χ1) is 9.67. The Labute approximate surface area is 122 Å². The van der Waals surface area contributed by atoms with E-state index in [0.717, 1.165) is 5.69 Å². The summed E-state index contributed by atoms with van der Waals surface area (Å²) in [6.45, 7) is 4.53. The number of hydrogen-bond acceptors (Lipinski definition) is 4. The zero-order chi connectivity index (χ0) is 14.5. The Kier molecular flexibility index (Phi) is 4.77. The second-order valence-corrected chi connectivity index (χ2v) is 4.94. The number of carbonyl (C=O) groups excluding carboxylic acids is 2. The Morgan fingerprint density at radius 2 is 2.05 bits per heavy atom. The molecular weight excluding hydrogens is 278 g/mol. The lowest BCUT2D eigenvalue weighted by Crippen LogP contribution is -2.48. The molecule has 106 valence electrons. The van der Waals surface area contributed by atoms with Crippen LogP contribution in [0.5, 0.6) is 0 Å². The maximum Gasteiger partial charge on any atom is 0.240 e. The highest BCUT2D eigenvalue weighted by Crippen LogP contribution is 2.36. The molecule has 0 saturated carbocycles. The molecule has 0 unspecified atom stereocenters. The summed E-state index contributed by atoms with van der Waals surface area (Å²) in [6.07, 6.45) is 2.07. The molecule has 0 radical (unpaired) electrons. The third-order valence-corrected chi connectivity index (χ3v) is 3.69. The summed E-state index contributed by atoms with van der Waals surface area (Å²) < 4.78 is 0. The van der Waals surface area contributed by atoms with E-state index in [4.69, 9.17) is 11.6 Å². The van der Waals surface area contributed by atoms with Gasteiger partial charge in [0, 0.05) is 32.6 Å². The van der Waals surface area contributed by atoms with Gasteiger partial charge in [-0.2, -0.15) is 4.99 Å². The van der Waals surface area contributed by atoms with Crippen LogP contribution < -0.4 is 4.90 Å². The first kappa shape index (κ1) is 14.6. The van der Waals surface area contributed by atoms with Crippen molar-refractivity contribution in [2.24, 2.45) is 4.99 Å². The summed E-state index contributed by atoms with van der Waals surface area (Å²) in [5.74, 6) is 0.162. The molecule has 2 rings (SSSR count). The third-order valence-electron chi connectivity index (χ3n) is 3.38. The van der Waals surface area contributed by atoms with Gasteiger partial charge in [0.2, 0.25) is 12.0 Å². The number of carbonyl (C=O) groups is 1. The minimum Gasteiger partial charge on any atom is -0.365 e. The van der Waals surface area contributed by atoms with Gasteiger partial charge in [0.1, 0.15) is 5.69 Å². The lowest BCUT2D eigenvalue weighted by Gasteiger charge is -2.36. The molecule has 1 heterocycles. The first-order valence-electron chi connectivity index (χ1n) is 6.56. The molecule has 0 N–H and O–H groups in total. The normalized spacial score (nSPS) is 14.9. The molecule has 1 amide bonds. The maximum absolute atomic E-state index is 11.7. The van der Waals surface area contributed by atoms with Gasteiger partial charge < -0.3 is 9.80 Å². The van der Waals surface area contributed by atoms with Crippen molar-refractivity contribution in [3.05, 3.63) is 23.2 Å². The standard InChI is InChI=1S/C14H16ClN3O2/c1-2-13(20)17-6-8-18(9-7-17)14-11(15)4-3-5-12(14)16-10-19/h3-5H,2,6-9H2,1H3. The molecule has 0 bridgehead atoms. The minimum absolute atomic E-state index is 0.162. The zero-order valence-electron chi connectivity index (χ0n) is 11.3. The van der Waals surface area contributed by atoms with Crippen LogP contribution >= 0.6 is 11.6 Å². The fourth-order valence-corrected chi connectivity index (χ4v) is 2.65. The van der Waals surface area contributed by atoms with Crippen LogP contribution in [0.3, 0.4) is 0 Å². The van der Waals surface area contributed by atoms with Gasteiger partial charge in [-0.05, 0) is 12.1 Å². The number of benzene rings is 1. The molecule has 0 aliphatic carbocycles. The van der Waals surface area contributed by atoms with Gasteiger partial charge in [-0.3, -0.25) is 4.79 Å². The van der Waals surface area contributed by atoms with E-state index in [9.17, 15) is 9.59 Å². The van der Waals surface area contributed by atoms with E-state index in [-0.39, 0.29) is 5.91 Å². The van der Waals surface area contributed by atoms with Crippen molar-refractivity contribution in [2.45, 2.75) is 13.3 Å². The van der Waals surface area contributed by atoms with Crippen LogP contribution in [0, 0.1) is 0 Å². The smallest absolute Gasteiger partial charge is 0.240 e. The predicted molar refractivity (Wildman–Crippen MR) is 78.3 cm³/mol. The van der Waals surface area contributed by atoms with Crippen LogP contribution in [0.2, 0.25) is 5.02 Å². The molecular formula is C14H16ClN3O2. The predicted octanol–water partition coefficient (Wildman–Crippen LogP) is 2.37. The molecule has 1 aromatic rings. The van der Waals surface area contributed by atoms with Gasteiger partial charge in [-0.15, -0.1) is 0 Å². The summed E-state index contributed by atoms with van der Waals surface area (Å²) in [6, 6.07) is 5.25. The number of anilines is 1. The molecule has 1 aliphatic rings. The molecule has 20 heavy (non-hydrogen) atoms. The Balaban J connectivity index is 2.18. The minimum atomic E-state index is 0.162. The highest BCUT2D eigenvalue weighted by molar-refractivity contribution is 6.34. The van der Waals surface area contributed by atoms with E-state index in [1.165, 1.54) is 0 Å². The van der Waals surface area contributed by atoms with Gasteiger partial charge in [-0.25, -0.2) is 4.79 Å². The van der Waals surface area contributed by atoms with E-state index in [1.807, 2.05) is 11.8 Å². The lowest BCUT2D eigenvalue weighted by atomic mass is 10.2. The molecule has 0 spiro atoms. The van der Waals surface area contributed by atoms with Crippen molar-refractivity contribution in [1.82, 2.24) is 4.90 Å². The van der Waals surface area contributed by atoms with E-state index in [1.54, 1.807) is 24.3 Å². The van der Waals surface area contributed by atoms with Gasteiger partial charge in [0.15, 0.2) is 0 Å². The number of aliphatic imine (C=N–C) groups is 1. The average Bonchev–Trinajstić information content (AvgIpc) is 2.47. The largest absolute Gasteiger partial charge is 0.365 e. The number of amides is 1. The van der Waals surface area contributed by atoms with Gasteiger partial charge in [0.25, 0.3) is 0 Å². The number of piperazine rings is 1. The van der Waals surface area contributed by atoms with Crippen molar-refractivity contribution in [3.63, 3.8) is 0 Å². The van der Waals surface area contributed by atoms with E-state index in [2.05, 4.69) is 9.89 Å². The number of nitrogens with zero attached hydrogens (tertiary/aromatic N) is 3. The fourth-order valence-electron chi connectivity index (χ4n) is 2.36. The first-order valence-corrected chi connectivity index (χ1v) is 6.94. The number of hydrogen-bond donors (Lipinski definition) is 0. The van der Waals surface area contributed by atoms with Crippen molar-refractivity contribution >= 4 is 35.0 Å². The lowest BCUT2D eigenvalue weighted by molar-refractivity contribution is -0.131. The molecule has 0 aromatic heterocycles. The Morgan fingerprint density at radius 3 is 2.65 bits per heavy atom. The summed E-state index contributed by atoms with van der Waals surface area (Å²) in [4.78, 5) is 29.8. The molecule has 1 saturated heterocycles. The molecule has 6 heteroatoms. The van der Waals surface area contributed by atoms with E-state index in [0.29, 0.717) is 43.3 Å². The Hall–Kier alpha value is -1.84. The van der Waals surface area contributed by atoms with Gasteiger partial charge in [-0.1, -0.05) is 24.6 Å². The highest BCUT2D eigenvalue weighted by atomic mass is 35.5. The van der Waals surface area contributed by atoms with E-state index >= 15 is 0 Å². The number of halogens is 1. The van der Waals surface area contributed by atoms with Gasteiger partial charge in [0.05, 0.1) is 10.7 Å². The quantitative estimate of drug-likeness (QED) is 0.635. The molecule has 1 fully saturated rings. The van der Waals surface area contributed by atoms with Crippen LogP contribution in [0.1, 0.15) is 13.3 Å².